The zero-order valence-corrected chi connectivity index (χ0v) is 12.9. The summed E-state index contributed by atoms with van der Waals surface area (Å²) in [7, 11) is 0. The van der Waals surface area contributed by atoms with Gasteiger partial charge in [0.05, 0.1) is 13.0 Å². The fraction of sp³-hybridized carbons (Fsp3) is 0.611. The van der Waals surface area contributed by atoms with E-state index in [9.17, 15) is 4.79 Å². The zero-order chi connectivity index (χ0) is 14.7. The van der Waals surface area contributed by atoms with Crippen LogP contribution in [0.25, 0.3) is 0 Å². The number of benzene rings is 1. The summed E-state index contributed by atoms with van der Waals surface area (Å²) in [6, 6.07) is 9.12. The van der Waals surface area contributed by atoms with Gasteiger partial charge in [0.2, 0.25) is 0 Å². The minimum Gasteiger partial charge on any atom is -0.466 e. The second-order valence-electron chi connectivity index (χ2n) is 6.21. The number of esters is 1. The van der Waals surface area contributed by atoms with Gasteiger partial charge in [0.15, 0.2) is 0 Å². The Balaban J connectivity index is 1.74. The van der Waals surface area contributed by atoms with Crippen LogP contribution in [0.1, 0.15) is 62.1 Å². The maximum atomic E-state index is 11.9. The lowest BCUT2D eigenvalue weighted by Gasteiger charge is -2.27. The highest BCUT2D eigenvalue weighted by Gasteiger charge is 2.27. The van der Waals surface area contributed by atoms with Crippen LogP contribution in [-0.4, -0.2) is 30.6 Å². The maximum absolute atomic E-state index is 11.9. The van der Waals surface area contributed by atoms with Crippen LogP contribution < -0.4 is 0 Å². The summed E-state index contributed by atoms with van der Waals surface area (Å²) in [6.45, 7) is 4.52. The van der Waals surface area contributed by atoms with Crippen LogP contribution in [0, 0.1) is 0 Å². The van der Waals surface area contributed by atoms with Crippen LogP contribution in [0.15, 0.2) is 24.3 Å². The SMILES string of the molecule is CCOC(=O)CC(c1ccc(C2CC2)cc1)N1CCCC1. The lowest BCUT2D eigenvalue weighted by molar-refractivity contribution is -0.144. The van der Waals surface area contributed by atoms with E-state index in [1.807, 2.05) is 6.92 Å². The Bertz CT molecular complexity index is 472. The molecule has 1 aromatic rings. The molecule has 21 heavy (non-hydrogen) atoms. The van der Waals surface area contributed by atoms with Crippen LogP contribution in [0.3, 0.4) is 0 Å². The number of rotatable bonds is 6. The quantitative estimate of drug-likeness (QED) is 0.748. The highest BCUT2D eigenvalue weighted by atomic mass is 16.5. The largest absolute Gasteiger partial charge is 0.466 e. The molecule has 1 saturated heterocycles. The van der Waals surface area contributed by atoms with Crippen LogP contribution in [0.2, 0.25) is 0 Å². The van der Waals surface area contributed by atoms with Gasteiger partial charge in [-0.3, -0.25) is 9.69 Å². The molecule has 1 atom stereocenters. The highest BCUT2D eigenvalue weighted by molar-refractivity contribution is 5.70. The summed E-state index contributed by atoms with van der Waals surface area (Å²) in [5, 5.41) is 0. The summed E-state index contributed by atoms with van der Waals surface area (Å²) in [6.07, 6.45) is 5.60. The summed E-state index contributed by atoms with van der Waals surface area (Å²) >= 11 is 0. The summed E-state index contributed by atoms with van der Waals surface area (Å²) in [4.78, 5) is 14.4. The Hall–Kier alpha value is -1.35. The maximum Gasteiger partial charge on any atom is 0.307 e. The first-order valence-electron chi connectivity index (χ1n) is 8.27. The third kappa shape index (κ3) is 3.65. The minimum absolute atomic E-state index is 0.0827. The van der Waals surface area contributed by atoms with E-state index in [0.717, 1.165) is 19.0 Å². The van der Waals surface area contributed by atoms with Gasteiger partial charge in [-0.05, 0) is 62.7 Å². The first-order chi connectivity index (χ1) is 10.3. The average Bonchev–Trinajstić information content (AvgIpc) is 3.21. The Morgan fingerprint density at radius 2 is 1.90 bits per heavy atom. The van der Waals surface area contributed by atoms with Gasteiger partial charge in [0.1, 0.15) is 0 Å². The molecule has 2 fully saturated rings. The van der Waals surface area contributed by atoms with Crippen LogP contribution in [0.4, 0.5) is 0 Å². The molecule has 1 heterocycles. The molecular weight excluding hydrogens is 262 g/mol. The second-order valence-corrected chi connectivity index (χ2v) is 6.21. The molecule has 0 radical (unpaired) electrons. The molecular formula is C18H25NO2. The van der Waals surface area contributed by atoms with E-state index in [4.69, 9.17) is 4.74 Å². The predicted octanol–water partition coefficient (Wildman–Crippen LogP) is 3.65. The van der Waals surface area contributed by atoms with Gasteiger partial charge in [-0.15, -0.1) is 0 Å². The smallest absolute Gasteiger partial charge is 0.307 e. The van der Waals surface area contributed by atoms with Gasteiger partial charge < -0.3 is 4.74 Å². The normalized spacial score (nSPS) is 20.4. The number of nitrogens with zero attached hydrogens (tertiary/aromatic N) is 1. The molecule has 0 N–H and O–H groups in total. The molecule has 3 rings (SSSR count). The van der Waals surface area contributed by atoms with Crippen LogP contribution >= 0.6 is 0 Å². The first-order valence-corrected chi connectivity index (χ1v) is 8.27. The molecule has 0 aromatic heterocycles. The molecule has 1 unspecified atom stereocenters. The molecule has 0 bridgehead atoms. The molecule has 1 aliphatic carbocycles. The van der Waals surface area contributed by atoms with E-state index in [1.165, 1.54) is 36.8 Å². The Morgan fingerprint density at radius 1 is 1.24 bits per heavy atom. The first kappa shape index (κ1) is 14.6. The molecule has 1 saturated carbocycles. The Morgan fingerprint density at radius 3 is 2.48 bits per heavy atom. The number of likely N-dealkylation sites (tertiary alicyclic amines) is 1. The third-order valence-electron chi connectivity index (χ3n) is 4.62. The van der Waals surface area contributed by atoms with Crippen LogP contribution in [-0.2, 0) is 9.53 Å². The summed E-state index contributed by atoms with van der Waals surface area (Å²) in [5.41, 5.74) is 2.71. The standard InChI is InChI=1S/C18H25NO2/c1-2-21-18(20)13-17(19-11-3-4-12-19)16-9-7-15(8-10-16)14-5-6-14/h7-10,14,17H,2-6,11-13H2,1H3. The molecule has 1 aromatic carbocycles. The lowest BCUT2D eigenvalue weighted by Crippen LogP contribution is -2.28. The molecule has 3 nitrogen and oxygen atoms in total. The fourth-order valence-corrected chi connectivity index (χ4v) is 3.30. The number of carbonyl (C=O) groups is 1. The van der Waals surface area contributed by atoms with Crippen molar-refractivity contribution in [3.63, 3.8) is 0 Å². The fourth-order valence-electron chi connectivity index (χ4n) is 3.30. The average molecular weight is 287 g/mol. The van der Waals surface area contributed by atoms with E-state index in [1.54, 1.807) is 0 Å². The van der Waals surface area contributed by atoms with Gasteiger partial charge in [-0.2, -0.15) is 0 Å². The second kappa shape index (κ2) is 6.61. The monoisotopic (exact) mass is 287 g/mol. The summed E-state index contributed by atoms with van der Waals surface area (Å²) < 4.78 is 5.16. The lowest BCUT2D eigenvalue weighted by atomic mass is 9.99. The summed E-state index contributed by atoms with van der Waals surface area (Å²) in [5.74, 6) is 0.704. The van der Waals surface area contributed by atoms with Crippen molar-refractivity contribution in [3.8, 4) is 0 Å². The van der Waals surface area contributed by atoms with Gasteiger partial charge in [0.25, 0.3) is 0 Å². The van der Waals surface area contributed by atoms with Crippen molar-refractivity contribution in [2.24, 2.45) is 0 Å². The van der Waals surface area contributed by atoms with Crippen molar-refractivity contribution in [1.29, 1.82) is 0 Å². The number of carbonyl (C=O) groups excluding carboxylic acids is 1. The van der Waals surface area contributed by atoms with Crippen molar-refractivity contribution in [3.05, 3.63) is 35.4 Å². The van der Waals surface area contributed by atoms with Crippen molar-refractivity contribution >= 4 is 5.97 Å². The zero-order valence-electron chi connectivity index (χ0n) is 12.9. The highest BCUT2D eigenvalue weighted by Crippen LogP contribution is 2.40. The van der Waals surface area contributed by atoms with Crippen molar-refractivity contribution < 1.29 is 9.53 Å². The van der Waals surface area contributed by atoms with Crippen molar-refractivity contribution in [2.75, 3.05) is 19.7 Å². The number of ether oxygens (including phenoxy) is 1. The van der Waals surface area contributed by atoms with Crippen molar-refractivity contribution in [2.45, 2.75) is 51.0 Å². The topological polar surface area (TPSA) is 29.5 Å². The van der Waals surface area contributed by atoms with E-state index >= 15 is 0 Å². The van der Waals surface area contributed by atoms with E-state index in [-0.39, 0.29) is 12.0 Å². The third-order valence-corrected chi connectivity index (χ3v) is 4.62. The molecule has 0 spiro atoms. The van der Waals surface area contributed by atoms with Gasteiger partial charge in [-0.1, -0.05) is 24.3 Å². The molecule has 3 heteroatoms. The van der Waals surface area contributed by atoms with Crippen LogP contribution in [0.5, 0.6) is 0 Å². The molecule has 0 amide bonds. The minimum atomic E-state index is -0.0827. The van der Waals surface area contributed by atoms with E-state index < -0.39 is 0 Å². The number of hydrogen-bond donors (Lipinski definition) is 0. The molecule has 2 aliphatic rings. The van der Waals surface area contributed by atoms with Gasteiger partial charge >= 0.3 is 5.97 Å². The number of hydrogen-bond acceptors (Lipinski definition) is 3. The van der Waals surface area contributed by atoms with E-state index in [2.05, 4.69) is 29.2 Å². The van der Waals surface area contributed by atoms with Gasteiger partial charge in [0, 0.05) is 6.04 Å². The van der Waals surface area contributed by atoms with Crippen molar-refractivity contribution in [1.82, 2.24) is 4.90 Å². The van der Waals surface area contributed by atoms with E-state index in [0.29, 0.717) is 13.0 Å². The Kier molecular flexibility index (Phi) is 4.59. The molecule has 114 valence electrons. The van der Waals surface area contributed by atoms with Gasteiger partial charge in [-0.25, -0.2) is 0 Å². The molecule has 1 aliphatic heterocycles. The predicted molar refractivity (Wildman–Crippen MR) is 83.2 cm³/mol. The Labute approximate surface area is 127 Å².